The molecule has 32 heavy (non-hydrogen) atoms. The van der Waals surface area contributed by atoms with Crippen molar-refractivity contribution in [2.24, 2.45) is 0 Å². The summed E-state index contributed by atoms with van der Waals surface area (Å²) in [5.41, 5.74) is 14.2. The average Bonchev–Trinajstić information content (AvgIpc) is 2.82. The fourth-order valence-corrected chi connectivity index (χ4v) is 3.24. The van der Waals surface area contributed by atoms with Crippen LogP contribution in [0.3, 0.4) is 0 Å². The molecule has 0 atom stereocenters. The SMILES string of the molecule is Nc1c(NNC(=O)C(c2ccccc2)c2ccccc2)ncnc1Nc1ccc(F)cc1. The Morgan fingerprint density at radius 2 is 1.38 bits per heavy atom. The predicted octanol–water partition coefficient (Wildman–Crippen LogP) is 4.22. The second kappa shape index (κ2) is 9.57. The van der Waals surface area contributed by atoms with Crippen LogP contribution in [0, 0.1) is 5.82 Å². The van der Waals surface area contributed by atoms with Crippen LogP contribution < -0.4 is 21.9 Å². The summed E-state index contributed by atoms with van der Waals surface area (Å²) < 4.78 is 13.1. The second-order valence-corrected chi connectivity index (χ2v) is 6.99. The predicted molar refractivity (Wildman–Crippen MR) is 123 cm³/mol. The molecule has 0 aliphatic rings. The average molecular weight is 428 g/mol. The molecular formula is C24H21FN6O. The fourth-order valence-electron chi connectivity index (χ4n) is 3.24. The molecule has 5 N–H and O–H groups in total. The van der Waals surface area contributed by atoms with Crippen molar-refractivity contribution in [1.82, 2.24) is 15.4 Å². The summed E-state index contributed by atoms with van der Waals surface area (Å²) in [4.78, 5) is 21.4. The maximum absolute atomic E-state index is 13.1. The molecule has 0 unspecified atom stereocenters. The van der Waals surface area contributed by atoms with Gasteiger partial charge >= 0.3 is 0 Å². The molecule has 0 aliphatic carbocycles. The van der Waals surface area contributed by atoms with Crippen molar-refractivity contribution in [3.8, 4) is 0 Å². The maximum Gasteiger partial charge on any atom is 0.250 e. The number of hydrogen-bond acceptors (Lipinski definition) is 6. The molecule has 1 aromatic heterocycles. The highest BCUT2D eigenvalue weighted by Crippen LogP contribution is 2.27. The summed E-state index contributed by atoms with van der Waals surface area (Å²) >= 11 is 0. The zero-order valence-electron chi connectivity index (χ0n) is 17.0. The van der Waals surface area contributed by atoms with Crippen molar-refractivity contribution in [3.05, 3.63) is 108 Å². The minimum atomic E-state index is -0.523. The first-order valence-electron chi connectivity index (χ1n) is 9.90. The van der Waals surface area contributed by atoms with E-state index in [-0.39, 0.29) is 23.2 Å². The number of nitrogens with one attached hydrogen (secondary N) is 3. The molecule has 1 heterocycles. The van der Waals surface area contributed by atoms with E-state index in [0.717, 1.165) is 11.1 Å². The third-order valence-electron chi connectivity index (χ3n) is 4.82. The lowest BCUT2D eigenvalue weighted by Gasteiger charge is -2.19. The Hall–Kier alpha value is -4.46. The third-order valence-corrected chi connectivity index (χ3v) is 4.82. The number of hydrogen-bond donors (Lipinski definition) is 4. The first kappa shape index (κ1) is 20.8. The molecule has 0 bridgehead atoms. The molecule has 4 rings (SSSR count). The number of aromatic nitrogens is 2. The quantitative estimate of drug-likeness (QED) is 0.329. The molecule has 4 aromatic rings. The van der Waals surface area contributed by atoms with Crippen LogP contribution in [0.15, 0.2) is 91.3 Å². The standard InChI is InChI=1S/C24H21FN6O/c25-18-11-13-19(14-12-18)29-22-21(26)23(28-15-27-22)30-31-24(32)20(16-7-3-1-4-8-16)17-9-5-2-6-10-17/h1-15,20H,26H2,(H,31,32)(H2,27,28,29,30). The summed E-state index contributed by atoms with van der Waals surface area (Å²) in [6.45, 7) is 0. The molecule has 0 aliphatic heterocycles. The van der Waals surface area contributed by atoms with Crippen molar-refractivity contribution in [2.45, 2.75) is 5.92 Å². The number of benzene rings is 3. The summed E-state index contributed by atoms with van der Waals surface area (Å²) in [5, 5.41) is 3.01. The number of nitrogens with zero attached hydrogens (tertiary/aromatic N) is 2. The molecule has 0 saturated heterocycles. The molecule has 8 heteroatoms. The van der Waals surface area contributed by atoms with E-state index in [9.17, 15) is 9.18 Å². The Balaban J connectivity index is 1.52. The van der Waals surface area contributed by atoms with Gasteiger partial charge in [-0.05, 0) is 35.4 Å². The van der Waals surface area contributed by atoms with E-state index < -0.39 is 5.92 Å². The van der Waals surface area contributed by atoms with E-state index >= 15 is 0 Å². The van der Waals surface area contributed by atoms with E-state index in [1.165, 1.54) is 18.5 Å². The molecule has 1 amide bonds. The zero-order chi connectivity index (χ0) is 22.3. The van der Waals surface area contributed by atoms with Crippen molar-refractivity contribution in [1.29, 1.82) is 0 Å². The van der Waals surface area contributed by atoms with E-state index in [1.54, 1.807) is 12.1 Å². The van der Waals surface area contributed by atoms with Gasteiger partial charge in [-0.25, -0.2) is 14.4 Å². The Kier molecular flexibility index (Phi) is 6.22. The molecular weight excluding hydrogens is 407 g/mol. The topological polar surface area (TPSA) is 105 Å². The van der Waals surface area contributed by atoms with Crippen LogP contribution in [0.25, 0.3) is 0 Å². The van der Waals surface area contributed by atoms with Gasteiger partial charge in [0, 0.05) is 5.69 Å². The number of carbonyl (C=O) groups excluding carboxylic acids is 1. The van der Waals surface area contributed by atoms with Crippen molar-refractivity contribution in [3.63, 3.8) is 0 Å². The lowest BCUT2D eigenvalue weighted by molar-refractivity contribution is -0.121. The van der Waals surface area contributed by atoms with Crippen molar-refractivity contribution < 1.29 is 9.18 Å². The number of hydrazine groups is 1. The Morgan fingerprint density at radius 1 is 0.812 bits per heavy atom. The minimum absolute atomic E-state index is 0.202. The number of amides is 1. The van der Waals surface area contributed by atoms with Crippen LogP contribution in [0.2, 0.25) is 0 Å². The van der Waals surface area contributed by atoms with Crippen molar-refractivity contribution in [2.75, 3.05) is 16.5 Å². The van der Waals surface area contributed by atoms with Crippen LogP contribution in [-0.4, -0.2) is 15.9 Å². The van der Waals surface area contributed by atoms with Gasteiger partial charge in [-0.1, -0.05) is 60.7 Å². The van der Waals surface area contributed by atoms with Gasteiger partial charge in [0.05, 0.1) is 5.92 Å². The number of rotatable bonds is 7. The normalized spacial score (nSPS) is 10.6. The van der Waals surface area contributed by atoms with Crippen LogP contribution in [0.1, 0.15) is 17.0 Å². The third kappa shape index (κ3) is 4.81. The Morgan fingerprint density at radius 3 is 1.97 bits per heavy atom. The Bertz CT molecular complexity index is 1150. The lowest BCUT2D eigenvalue weighted by Crippen LogP contribution is -2.35. The van der Waals surface area contributed by atoms with Crippen molar-refractivity contribution >= 4 is 28.9 Å². The van der Waals surface area contributed by atoms with E-state index in [0.29, 0.717) is 11.5 Å². The zero-order valence-corrected chi connectivity index (χ0v) is 17.0. The van der Waals surface area contributed by atoms with E-state index in [2.05, 4.69) is 26.1 Å². The van der Waals surface area contributed by atoms with E-state index in [1.807, 2.05) is 60.7 Å². The lowest BCUT2D eigenvalue weighted by atomic mass is 9.91. The summed E-state index contributed by atoms with van der Waals surface area (Å²) in [6, 6.07) is 24.8. The van der Waals surface area contributed by atoms with Crippen LogP contribution in [0.4, 0.5) is 27.4 Å². The highest BCUT2D eigenvalue weighted by Gasteiger charge is 2.23. The first-order chi connectivity index (χ1) is 15.6. The van der Waals surface area contributed by atoms with Crippen LogP contribution in [-0.2, 0) is 4.79 Å². The maximum atomic E-state index is 13.1. The monoisotopic (exact) mass is 428 g/mol. The van der Waals surface area contributed by atoms with Gasteiger partial charge < -0.3 is 11.1 Å². The van der Waals surface area contributed by atoms with E-state index in [4.69, 9.17) is 5.73 Å². The summed E-state index contributed by atoms with van der Waals surface area (Å²) in [5.74, 6) is -0.579. The highest BCUT2D eigenvalue weighted by molar-refractivity contribution is 5.89. The highest BCUT2D eigenvalue weighted by atomic mass is 19.1. The van der Waals surface area contributed by atoms with Crippen LogP contribution in [0.5, 0.6) is 0 Å². The van der Waals surface area contributed by atoms with Crippen LogP contribution >= 0.6 is 0 Å². The molecule has 7 nitrogen and oxygen atoms in total. The van der Waals surface area contributed by atoms with Gasteiger partial charge in [-0.3, -0.25) is 15.6 Å². The van der Waals surface area contributed by atoms with Gasteiger partial charge in [-0.15, -0.1) is 0 Å². The molecule has 0 radical (unpaired) electrons. The molecule has 3 aromatic carbocycles. The van der Waals surface area contributed by atoms with Gasteiger partial charge in [0.2, 0.25) is 5.91 Å². The summed E-state index contributed by atoms with van der Waals surface area (Å²) in [6.07, 6.45) is 1.31. The van der Waals surface area contributed by atoms with Gasteiger partial charge in [-0.2, -0.15) is 0 Å². The number of nitrogen functional groups attached to an aromatic ring is 1. The van der Waals surface area contributed by atoms with Gasteiger partial charge in [0.1, 0.15) is 17.8 Å². The Labute approximate surface area is 184 Å². The summed E-state index contributed by atoms with van der Waals surface area (Å²) in [7, 11) is 0. The largest absolute Gasteiger partial charge is 0.393 e. The fraction of sp³-hybridized carbons (Fsp3) is 0.0417. The smallest absolute Gasteiger partial charge is 0.250 e. The number of halogens is 1. The van der Waals surface area contributed by atoms with Gasteiger partial charge in [0.15, 0.2) is 11.6 Å². The molecule has 0 fully saturated rings. The number of carbonyl (C=O) groups is 1. The second-order valence-electron chi connectivity index (χ2n) is 6.99. The van der Waals surface area contributed by atoms with Gasteiger partial charge in [0.25, 0.3) is 0 Å². The molecule has 0 spiro atoms. The number of anilines is 4. The first-order valence-corrected chi connectivity index (χ1v) is 9.90. The number of nitrogens with two attached hydrogens (primary N) is 1. The minimum Gasteiger partial charge on any atom is -0.393 e. The molecule has 0 saturated carbocycles. The molecule has 160 valence electrons.